The molecule has 1 aliphatic carbocycles. The van der Waals surface area contributed by atoms with E-state index in [1.54, 1.807) is 0 Å². The minimum atomic E-state index is -0.437. The zero-order valence-electron chi connectivity index (χ0n) is 24.3. The molecule has 0 aromatic heterocycles. The fourth-order valence-corrected chi connectivity index (χ4v) is 6.99. The quantitative estimate of drug-likeness (QED) is 0.213. The Hall–Kier alpha value is -5.66. The summed E-state index contributed by atoms with van der Waals surface area (Å²) >= 11 is 0. The zero-order valence-corrected chi connectivity index (χ0v) is 24.3. The number of benzene rings is 7. The average molecular weight is 562 g/mol. The first-order valence-electron chi connectivity index (χ1n) is 15.2. The van der Waals surface area contributed by atoms with Crippen LogP contribution in [0.1, 0.15) is 22.3 Å². The molecule has 0 atom stereocenters. The second kappa shape index (κ2) is 10.9. The van der Waals surface area contributed by atoms with Gasteiger partial charge in [0.15, 0.2) is 0 Å². The van der Waals surface area contributed by atoms with Crippen molar-refractivity contribution < 1.29 is 0 Å². The molecule has 7 aromatic rings. The van der Waals surface area contributed by atoms with Gasteiger partial charge in [-0.1, -0.05) is 158 Å². The number of rotatable bonds is 6. The van der Waals surface area contributed by atoms with E-state index in [4.69, 9.17) is 0 Å². The molecule has 0 aliphatic heterocycles. The summed E-state index contributed by atoms with van der Waals surface area (Å²) in [4.78, 5) is 0. The highest BCUT2D eigenvalue weighted by molar-refractivity contribution is 5.88. The molecule has 1 aliphatic rings. The molecule has 0 unspecified atom stereocenters. The lowest BCUT2D eigenvalue weighted by atomic mass is 9.67. The lowest BCUT2D eigenvalue weighted by molar-refractivity contribution is 0.769. The van der Waals surface area contributed by atoms with Crippen molar-refractivity contribution in [1.29, 1.82) is 0 Å². The van der Waals surface area contributed by atoms with Crippen molar-refractivity contribution in [3.63, 3.8) is 0 Å². The Kier molecular flexibility index (Phi) is 6.43. The molecule has 7 aromatic carbocycles. The molecule has 1 N–H and O–H groups in total. The molecule has 1 nitrogen and oxygen atoms in total. The van der Waals surface area contributed by atoms with Crippen molar-refractivity contribution in [1.82, 2.24) is 0 Å². The van der Waals surface area contributed by atoms with Gasteiger partial charge < -0.3 is 5.32 Å². The second-order valence-corrected chi connectivity index (χ2v) is 11.4. The fraction of sp³-hybridized carbons (Fsp3) is 0.0233. The van der Waals surface area contributed by atoms with Gasteiger partial charge in [-0.25, -0.2) is 0 Å². The average Bonchev–Trinajstić information content (AvgIpc) is 3.41. The van der Waals surface area contributed by atoms with Crippen molar-refractivity contribution >= 4 is 11.4 Å². The smallest absolute Gasteiger partial charge is 0.0713 e. The number of anilines is 2. The highest BCUT2D eigenvalue weighted by Crippen LogP contribution is 2.56. The van der Waals surface area contributed by atoms with E-state index in [1.165, 1.54) is 55.6 Å². The van der Waals surface area contributed by atoms with E-state index in [9.17, 15) is 0 Å². The van der Waals surface area contributed by atoms with E-state index in [-0.39, 0.29) is 0 Å². The van der Waals surface area contributed by atoms with Crippen molar-refractivity contribution in [2.24, 2.45) is 0 Å². The molecule has 0 fully saturated rings. The summed E-state index contributed by atoms with van der Waals surface area (Å²) in [7, 11) is 0. The summed E-state index contributed by atoms with van der Waals surface area (Å²) < 4.78 is 0. The number of hydrogen-bond donors (Lipinski definition) is 1. The maximum absolute atomic E-state index is 3.76. The minimum Gasteiger partial charge on any atom is -0.355 e. The summed E-state index contributed by atoms with van der Waals surface area (Å²) in [6.07, 6.45) is 0. The van der Waals surface area contributed by atoms with Gasteiger partial charge in [-0.3, -0.25) is 0 Å². The third kappa shape index (κ3) is 4.25. The summed E-state index contributed by atoms with van der Waals surface area (Å²) in [5.41, 5.74) is 14.3. The van der Waals surface area contributed by atoms with Crippen LogP contribution in [0.2, 0.25) is 0 Å². The molecule has 0 bridgehead atoms. The summed E-state index contributed by atoms with van der Waals surface area (Å²) in [6.45, 7) is 0. The minimum absolute atomic E-state index is 0.437. The van der Waals surface area contributed by atoms with Crippen molar-refractivity contribution in [2.45, 2.75) is 5.41 Å². The van der Waals surface area contributed by atoms with E-state index < -0.39 is 5.41 Å². The van der Waals surface area contributed by atoms with Crippen LogP contribution in [-0.2, 0) is 5.41 Å². The van der Waals surface area contributed by atoms with Crippen LogP contribution in [-0.4, -0.2) is 0 Å². The highest BCUT2D eigenvalue weighted by atomic mass is 14.9. The van der Waals surface area contributed by atoms with Gasteiger partial charge in [0.1, 0.15) is 0 Å². The second-order valence-electron chi connectivity index (χ2n) is 11.4. The van der Waals surface area contributed by atoms with E-state index in [2.05, 4.69) is 187 Å². The largest absolute Gasteiger partial charge is 0.355 e. The van der Waals surface area contributed by atoms with Crippen LogP contribution < -0.4 is 5.32 Å². The molecule has 0 heterocycles. The van der Waals surface area contributed by atoms with Gasteiger partial charge in [0, 0.05) is 16.9 Å². The number of hydrogen-bond acceptors (Lipinski definition) is 1. The third-order valence-corrected chi connectivity index (χ3v) is 8.97. The van der Waals surface area contributed by atoms with Gasteiger partial charge in [0.2, 0.25) is 0 Å². The Morgan fingerprint density at radius 2 is 0.841 bits per heavy atom. The monoisotopic (exact) mass is 561 g/mol. The Balaban J connectivity index is 1.31. The summed E-state index contributed by atoms with van der Waals surface area (Å²) in [5.74, 6) is 0. The molecular formula is C43H31N. The first kappa shape index (κ1) is 26.0. The Morgan fingerprint density at radius 1 is 0.341 bits per heavy atom. The maximum Gasteiger partial charge on any atom is 0.0713 e. The SMILES string of the molecule is c1ccc(-c2ccc(Nc3ccc(C4(c5ccccc5)c5ccccc5-c5ccccc54)cc3-c3ccccc3)cc2)cc1. The van der Waals surface area contributed by atoms with Crippen molar-refractivity contribution in [2.75, 3.05) is 5.32 Å². The molecule has 0 radical (unpaired) electrons. The maximum atomic E-state index is 3.76. The van der Waals surface area contributed by atoms with Crippen molar-refractivity contribution in [3.05, 3.63) is 204 Å². The number of fused-ring (bicyclic) bond motifs is 3. The van der Waals surface area contributed by atoms with Crippen LogP contribution in [0.25, 0.3) is 33.4 Å². The third-order valence-electron chi connectivity index (χ3n) is 8.97. The zero-order chi connectivity index (χ0) is 29.3. The lowest BCUT2D eigenvalue weighted by Crippen LogP contribution is -2.28. The Morgan fingerprint density at radius 3 is 1.45 bits per heavy atom. The molecule has 8 rings (SSSR count). The topological polar surface area (TPSA) is 12.0 Å². The first-order chi connectivity index (χ1) is 21.8. The predicted molar refractivity (Wildman–Crippen MR) is 184 cm³/mol. The molecule has 208 valence electrons. The molecule has 44 heavy (non-hydrogen) atoms. The molecular weight excluding hydrogens is 530 g/mol. The van der Waals surface area contributed by atoms with E-state index in [0.29, 0.717) is 0 Å². The Labute approximate surface area is 259 Å². The molecule has 0 saturated heterocycles. The van der Waals surface area contributed by atoms with E-state index >= 15 is 0 Å². The Bertz CT molecular complexity index is 2020. The van der Waals surface area contributed by atoms with Gasteiger partial charge >= 0.3 is 0 Å². The first-order valence-corrected chi connectivity index (χ1v) is 15.2. The molecule has 0 saturated carbocycles. The summed E-state index contributed by atoms with van der Waals surface area (Å²) in [5, 5.41) is 3.76. The fourth-order valence-electron chi connectivity index (χ4n) is 6.99. The van der Waals surface area contributed by atoms with Gasteiger partial charge in [-0.05, 0) is 74.3 Å². The number of nitrogens with one attached hydrogen (secondary N) is 1. The van der Waals surface area contributed by atoms with Crippen LogP contribution in [0, 0.1) is 0 Å². The van der Waals surface area contributed by atoms with Crippen LogP contribution >= 0.6 is 0 Å². The molecule has 0 amide bonds. The van der Waals surface area contributed by atoms with Gasteiger partial charge in [-0.15, -0.1) is 0 Å². The van der Waals surface area contributed by atoms with Gasteiger partial charge in [0.25, 0.3) is 0 Å². The normalized spacial score (nSPS) is 12.7. The van der Waals surface area contributed by atoms with Crippen LogP contribution in [0.15, 0.2) is 182 Å². The van der Waals surface area contributed by atoms with Crippen LogP contribution in [0.3, 0.4) is 0 Å². The predicted octanol–water partition coefficient (Wildman–Crippen LogP) is 11.1. The lowest BCUT2D eigenvalue weighted by Gasteiger charge is -2.34. The standard InChI is InChI=1S/C43H31N/c1-4-14-31(15-5-1)32-24-27-36(28-25-32)44-42-29-26-35(30-39(42)33-16-6-2-7-17-33)43(34-18-8-3-9-19-34)40-22-12-10-20-37(40)38-21-11-13-23-41(38)43/h1-30,44H. The van der Waals surface area contributed by atoms with Crippen LogP contribution in [0.5, 0.6) is 0 Å². The highest BCUT2D eigenvalue weighted by Gasteiger charge is 2.46. The summed E-state index contributed by atoms with van der Waals surface area (Å²) in [6, 6.07) is 65.7. The molecule has 0 spiro atoms. The molecule has 1 heteroatoms. The van der Waals surface area contributed by atoms with Gasteiger partial charge in [-0.2, -0.15) is 0 Å². The van der Waals surface area contributed by atoms with E-state index in [0.717, 1.165) is 11.4 Å². The van der Waals surface area contributed by atoms with Gasteiger partial charge in [0.05, 0.1) is 5.41 Å². The van der Waals surface area contributed by atoms with Crippen LogP contribution in [0.4, 0.5) is 11.4 Å². The van der Waals surface area contributed by atoms with E-state index in [1.807, 2.05) is 0 Å². The van der Waals surface area contributed by atoms with Crippen molar-refractivity contribution in [3.8, 4) is 33.4 Å².